The van der Waals surface area contributed by atoms with Gasteiger partial charge in [0.05, 0.1) is 5.39 Å². The number of amides is 1. The molecule has 2 aromatic rings. The number of carbonyl (C=O) groups excluding carboxylic acids is 1. The first kappa shape index (κ1) is 11.3. The maximum Gasteiger partial charge on any atom is 0.276 e. The molecular weight excluding hydrogens is 228 g/mol. The normalized spacial score (nSPS) is 16.8. The summed E-state index contributed by atoms with van der Waals surface area (Å²) in [5.41, 5.74) is 1.13. The van der Waals surface area contributed by atoms with Crippen molar-refractivity contribution in [3.05, 3.63) is 30.0 Å². The Morgan fingerprint density at radius 1 is 1.11 bits per heavy atom. The summed E-state index contributed by atoms with van der Waals surface area (Å²) < 4.78 is 5.19. The number of rotatable bonds is 1. The third-order valence-corrected chi connectivity index (χ3v) is 3.47. The Labute approximate surface area is 106 Å². The van der Waals surface area contributed by atoms with Gasteiger partial charge in [-0.2, -0.15) is 0 Å². The van der Waals surface area contributed by atoms with Crippen molar-refractivity contribution >= 4 is 16.9 Å². The molecule has 3 rings (SSSR count). The smallest absolute Gasteiger partial charge is 0.276 e. The Balaban J connectivity index is 1.91. The molecule has 0 saturated carbocycles. The number of fused-ring (bicyclic) bond motifs is 1. The number of para-hydroxylation sites is 1. The zero-order valence-electron chi connectivity index (χ0n) is 10.3. The predicted octanol–water partition coefficient (Wildman–Crippen LogP) is 2.84. The number of carbonyl (C=O) groups is 1. The Bertz CT molecular complexity index is 554. The van der Waals surface area contributed by atoms with Gasteiger partial charge in [-0.3, -0.25) is 4.79 Å². The Morgan fingerprint density at radius 2 is 1.83 bits per heavy atom. The van der Waals surface area contributed by atoms with Gasteiger partial charge < -0.3 is 9.42 Å². The highest BCUT2D eigenvalue weighted by atomic mass is 16.5. The molecule has 0 aliphatic carbocycles. The van der Waals surface area contributed by atoms with Crippen LogP contribution in [0.5, 0.6) is 0 Å². The van der Waals surface area contributed by atoms with Gasteiger partial charge in [0.15, 0.2) is 11.3 Å². The highest BCUT2D eigenvalue weighted by Gasteiger charge is 2.22. The SMILES string of the molecule is O=C(c1noc2ccccc12)N1CCCCCC1. The molecule has 1 saturated heterocycles. The topological polar surface area (TPSA) is 46.3 Å². The van der Waals surface area contributed by atoms with Crippen LogP contribution in [0.15, 0.2) is 28.8 Å². The van der Waals surface area contributed by atoms with Crippen LogP contribution in [-0.4, -0.2) is 29.1 Å². The summed E-state index contributed by atoms with van der Waals surface area (Å²) in [5.74, 6) is 0.00171. The van der Waals surface area contributed by atoms with Crippen molar-refractivity contribution in [3.8, 4) is 0 Å². The number of benzene rings is 1. The Morgan fingerprint density at radius 3 is 2.61 bits per heavy atom. The van der Waals surface area contributed by atoms with Crippen LogP contribution in [-0.2, 0) is 0 Å². The van der Waals surface area contributed by atoms with Crippen molar-refractivity contribution in [2.45, 2.75) is 25.7 Å². The molecule has 0 bridgehead atoms. The van der Waals surface area contributed by atoms with Gasteiger partial charge >= 0.3 is 0 Å². The van der Waals surface area contributed by atoms with E-state index in [0.717, 1.165) is 31.3 Å². The maximum absolute atomic E-state index is 12.4. The molecule has 2 heterocycles. The van der Waals surface area contributed by atoms with Crippen LogP contribution in [0, 0.1) is 0 Å². The monoisotopic (exact) mass is 244 g/mol. The van der Waals surface area contributed by atoms with E-state index in [-0.39, 0.29) is 5.91 Å². The summed E-state index contributed by atoms with van der Waals surface area (Å²) in [7, 11) is 0. The molecule has 94 valence electrons. The highest BCUT2D eigenvalue weighted by molar-refractivity contribution is 6.03. The van der Waals surface area contributed by atoms with E-state index in [9.17, 15) is 4.79 Å². The van der Waals surface area contributed by atoms with Crippen molar-refractivity contribution in [2.24, 2.45) is 0 Å². The molecule has 1 fully saturated rings. The molecular formula is C14H16N2O2. The fourth-order valence-electron chi connectivity index (χ4n) is 2.46. The van der Waals surface area contributed by atoms with E-state index in [1.54, 1.807) is 0 Å². The van der Waals surface area contributed by atoms with E-state index in [4.69, 9.17) is 4.52 Å². The minimum absolute atomic E-state index is 0.00171. The van der Waals surface area contributed by atoms with Crippen LogP contribution < -0.4 is 0 Å². The fourth-order valence-corrected chi connectivity index (χ4v) is 2.46. The summed E-state index contributed by atoms with van der Waals surface area (Å²) in [4.78, 5) is 14.3. The van der Waals surface area contributed by atoms with Crippen molar-refractivity contribution in [3.63, 3.8) is 0 Å². The third-order valence-electron chi connectivity index (χ3n) is 3.47. The second-order valence-corrected chi connectivity index (χ2v) is 4.73. The largest absolute Gasteiger partial charge is 0.355 e. The van der Waals surface area contributed by atoms with Gasteiger partial charge in [0.2, 0.25) is 0 Å². The summed E-state index contributed by atoms with van der Waals surface area (Å²) >= 11 is 0. The van der Waals surface area contributed by atoms with Gasteiger partial charge in [-0.15, -0.1) is 0 Å². The van der Waals surface area contributed by atoms with Gasteiger partial charge in [-0.1, -0.05) is 30.1 Å². The second-order valence-electron chi connectivity index (χ2n) is 4.73. The van der Waals surface area contributed by atoms with E-state index in [2.05, 4.69) is 5.16 Å². The van der Waals surface area contributed by atoms with Gasteiger partial charge in [0.1, 0.15) is 0 Å². The maximum atomic E-state index is 12.4. The van der Waals surface area contributed by atoms with Gasteiger partial charge in [-0.05, 0) is 25.0 Å². The zero-order valence-corrected chi connectivity index (χ0v) is 10.3. The number of hydrogen-bond donors (Lipinski definition) is 0. The summed E-state index contributed by atoms with van der Waals surface area (Å²) in [6.07, 6.45) is 4.59. The van der Waals surface area contributed by atoms with Crippen LogP contribution in [0.3, 0.4) is 0 Å². The first-order chi connectivity index (χ1) is 8.86. The molecule has 1 aliphatic heterocycles. The van der Waals surface area contributed by atoms with Gasteiger partial charge in [0, 0.05) is 13.1 Å². The molecule has 4 nitrogen and oxygen atoms in total. The molecule has 18 heavy (non-hydrogen) atoms. The number of nitrogens with zero attached hydrogens (tertiary/aromatic N) is 2. The summed E-state index contributed by atoms with van der Waals surface area (Å²) in [5, 5.41) is 4.75. The minimum atomic E-state index is 0.00171. The molecule has 1 aromatic heterocycles. The minimum Gasteiger partial charge on any atom is -0.355 e. The van der Waals surface area contributed by atoms with E-state index < -0.39 is 0 Å². The first-order valence-electron chi connectivity index (χ1n) is 6.50. The third kappa shape index (κ3) is 1.98. The average Bonchev–Trinajstić information content (AvgIpc) is 2.65. The second kappa shape index (κ2) is 4.80. The summed E-state index contributed by atoms with van der Waals surface area (Å²) in [6, 6.07) is 7.50. The van der Waals surface area contributed by atoms with Crippen molar-refractivity contribution < 1.29 is 9.32 Å². The van der Waals surface area contributed by atoms with Crippen LogP contribution in [0.2, 0.25) is 0 Å². The molecule has 0 N–H and O–H groups in total. The lowest BCUT2D eigenvalue weighted by Gasteiger charge is -2.18. The quantitative estimate of drug-likeness (QED) is 0.775. The molecule has 1 amide bonds. The molecule has 1 aliphatic rings. The number of hydrogen-bond acceptors (Lipinski definition) is 3. The average molecular weight is 244 g/mol. The van der Waals surface area contributed by atoms with Crippen LogP contribution in [0.1, 0.15) is 36.2 Å². The van der Waals surface area contributed by atoms with Crippen LogP contribution >= 0.6 is 0 Å². The fraction of sp³-hybridized carbons (Fsp3) is 0.429. The first-order valence-corrected chi connectivity index (χ1v) is 6.50. The standard InChI is InChI=1S/C14H16N2O2/c17-14(16-9-5-1-2-6-10-16)13-11-7-3-4-8-12(11)18-15-13/h3-4,7-8H,1-2,5-6,9-10H2. The molecule has 0 atom stereocenters. The number of aromatic nitrogens is 1. The van der Waals surface area contributed by atoms with Gasteiger partial charge in [0.25, 0.3) is 5.91 Å². The molecule has 0 radical (unpaired) electrons. The predicted molar refractivity (Wildman–Crippen MR) is 68.4 cm³/mol. The van der Waals surface area contributed by atoms with Crippen LogP contribution in [0.4, 0.5) is 0 Å². The van der Waals surface area contributed by atoms with E-state index in [1.165, 1.54) is 12.8 Å². The Kier molecular flexibility index (Phi) is 3.00. The van der Waals surface area contributed by atoms with Crippen molar-refractivity contribution in [1.29, 1.82) is 0 Å². The van der Waals surface area contributed by atoms with Crippen molar-refractivity contribution in [2.75, 3.05) is 13.1 Å². The number of likely N-dealkylation sites (tertiary alicyclic amines) is 1. The van der Waals surface area contributed by atoms with Crippen LogP contribution in [0.25, 0.3) is 11.0 Å². The lowest BCUT2D eigenvalue weighted by Crippen LogP contribution is -2.32. The lowest BCUT2D eigenvalue weighted by molar-refractivity contribution is 0.0753. The molecule has 4 heteroatoms. The lowest BCUT2D eigenvalue weighted by atomic mass is 10.2. The zero-order chi connectivity index (χ0) is 12.4. The van der Waals surface area contributed by atoms with E-state index in [0.29, 0.717) is 11.3 Å². The summed E-state index contributed by atoms with van der Waals surface area (Å²) in [6.45, 7) is 1.67. The van der Waals surface area contributed by atoms with E-state index in [1.807, 2.05) is 29.2 Å². The van der Waals surface area contributed by atoms with Gasteiger partial charge in [-0.25, -0.2) is 0 Å². The molecule has 0 spiro atoms. The Hall–Kier alpha value is -1.84. The molecule has 1 aromatic carbocycles. The molecule has 0 unspecified atom stereocenters. The highest BCUT2D eigenvalue weighted by Crippen LogP contribution is 2.20. The van der Waals surface area contributed by atoms with E-state index >= 15 is 0 Å². The van der Waals surface area contributed by atoms with Crippen molar-refractivity contribution in [1.82, 2.24) is 10.1 Å².